The van der Waals surface area contributed by atoms with Crippen LogP contribution in [0.2, 0.25) is 0 Å². The van der Waals surface area contributed by atoms with Crippen LogP contribution in [0.5, 0.6) is 0 Å². The minimum Gasteiger partial charge on any atom is -0.478 e. The van der Waals surface area contributed by atoms with Crippen LogP contribution in [0.4, 0.5) is 11.4 Å². The van der Waals surface area contributed by atoms with Crippen molar-refractivity contribution in [1.29, 1.82) is 0 Å². The average molecular weight is 290 g/mol. The number of nitrogens with zero attached hydrogens (tertiary/aromatic N) is 2. The zero-order chi connectivity index (χ0) is 15.6. The van der Waals surface area contributed by atoms with E-state index >= 15 is 0 Å². The fraction of sp³-hybridized carbons (Fsp3) is 0.0833. The van der Waals surface area contributed by atoms with Crippen LogP contribution in [-0.4, -0.2) is 32.1 Å². The van der Waals surface area contributed by atoms with E-state index in [1.54, 1.807) is 6.92 Å². The van der Waals surface area contributed by atoms with Gasteiger partial charge in [0.05, 0.1) is 16.2 Å². The fourth-order valence-corrected chi connectivity index (χ4v) is 1.65. The number of hydrogen-bond donors (Lipinski definition) is 3. The molecule has 0 saturated heterocycles. The second-order valence-electron chi connectivity index (χ2n) is 4.18. The molecule has 1 amide bonds. The number of nitro benzene ring substituents is 1. The van der Waals surface area contributed by atoms with Gasteiger partial charge in [-0.1, -0.05) is 0 Å². The third-order valence-corrected chi connectivity index (χ3v) is 2.63. The Bertz CT molecular complexity index is 737. The predicted molar refractivity (Wildman–Crippen MR) is 71.3 cm³/mol. The summed E-state index contributed by atoms with van der Waals surface area (Å²) in [4.78, 5) is 33.0. The Kier molecular flexibility index (Phi) is 3.65. The predicted octanol–water partition coefficient (Wildman–Crippen LogP) is 1.58. The van der Waals surface area contributed by atoms with Crippen LogP contribution in [0.3, 0.4) is 0 Å². The third-order valence-electron chi connectivity index (χ3n) is 2.63. The lowest BCUT2D eigenvalue weighted by atomic mass is 10.1. The van der Waals surface area contributed by atoms with E-state index in [2.05, 4.69) is 15.5 Å². The summed E-state index contributed by atoms with van der Waals surface area (Å²) in [5.74, 6) is -2.00. The topological polar surface area (TPSA) is 138 Å². The largest absolute Gasteiger partial charge is 0.478 e. The van der Waals surface area contributed by atoms with Crippen LogP contribution in [0.25, 0.3) is 0 Å². The lowest BCUT2D eigenvalue weighted by Gasteiger charge is -2.06. The molecule has 1 aromatic heterocycles. The molecule has 1 heterocycles. The summed E-state index contributed by atoms with van der Waals surface area (Å²) in [6.45, 7) is 1.71. The molecule has 9 heteroatoms. The lowest BCUT2D eigenvalue weighted by Crippen LogP contribution is -2.15. The summed E-state index contributed by atoms with van der Waals surface area (Å²) < 4.78 is 0. The summed E-state index contributed by atoms with van der Waals surface area (Å²) in [5, 5.41) is 28.4. The maximum atomic E-state index is 11.9. The molecule has 2 rings (SSSR count). The molecule has 3 N–H and O–H groups in total. The van der Waals surface area contributed by atoms with E-state index in [1.165, 1.54) is 12.1 Å². The zero-order valence-electron chi connectivity index (χ0n) is 10.8. The van der Waals surface area contributed by atoms with Crippen molar-refractivity contribution in [2.75, 3.05) is 5.32 Å². The molecule has 108 valence electrons. The highest BCUT2D eigenvalue weighted by Gasteiger charge is 2.18. The molecule has 0 atom stereocenters. The first-order chi connectivity index (χ1) is 9.88. The van der Waals surface area contributed by atoms with E-state index in [-0.39, 0.29) is 22.6 Å². The maximum Gasteiger partial charge on any atom is 0.338 e. The minimum atomic E-state index is -1.38. The summed E-state index contributed by atoms with van der Waals surface area (Å²) >= 11 is 0. The Labute approximate surface area is 117 Å². The Morgan fingerprint density at radius 3 is 2.62 bits per heavy atom. The van der Waals surface area contributed by atoms with Crippen molar-refractivity contribution in [3.05, 3.63) is 51.3 Å². The standard InChI is InChI=1S/C12H10N4O5/c1-6-4-10(15-14-6)11(17)13-9-3-2-7(16(20)21)5-8(9)12(18)19/h2-5H,1H3,(H,13,17)(H,14,15)(H,18,19). The van der Waals surface area contributed by atoms with Crippen LogP contribution in [0.15, 0.2) is 24.3 Å². The maximum absolute atomic E-state index is 11.9. The summed E-state index contributed by atoms with van der Waals surface area (Å²) in [7, 11) is 0. The van der Waals surface area contributed by atoms with Crippen molar-refractivity contribution in [2.45, 2.75) is 6.92 Å². The normalized spacial score (nSPS) is 10.1. The van der Waals surface area contributed by atoms with Gasteiger partial charge in [0.25, 0.3) is 11.6 Å². The highest BCUT2D eigenvalue weighted by molar-refractivity contribution is 6.07. The van der Waals surface area contributed by atoms with Gasteiger partial charge in [-0.2, -0.15) is 5.10 Å². The van der Waals surface area contributed by atoms with Crippen LogP contribution in [0.1, 0.15) is 26.5 Å². The number of aromatic nitrogens is 2. The van der Waals surface area contributed by atoms with Gasteiger partial charge < -0.3 is 10.4 Å². The molecule has 2 aromatic rings. The second-order valence-corrected chi connectivity index (χ2v) is 4.18. The molecule has 0 aliphatic heterocycles. The van der Waals surface area contributed by atoms with E-state index in [0.717, 1.165) is 12.1 Å². The van der Waals surface area contributed by atoms with Crippen LogP contribution in [-0.2, 0) is 0 Å². The minimum absolute atomic E-state index is 0.0428. The SMILES string of the molecule is Cc1cc(C(=O)Nc2ccc([N+](=O)[O-])cc2C(=O)O)n[nH]1. The lowest BCUT2D eigenvalue weighted by molar-refractivity contribution is -0.384. The third kappa shape index (κ3) is 3.03. The number of amides is 1. The smallest absolute Gasteiger partial charge is 0.338 e. The van der Waals surface area contributed by atoms with Gasteiger partial charge >= 0.3 is 5.97 Å². The van der Waals surface area contributed by atoms with Crippen molar-refractivity contribution >= 4 is 23.3 Å². The highest BCUT2D eigenvalue weighted by Crippen LogP contribution is 2.22. The molecule has 0 aliphatic carbocycles. The second kappa shape index (κ2) is 5.41. The van der Waals surface area contributed by atoms with Crippen molar-refractivity contribution in [3.8, 4) is 0 Å². The molecular weight excluding hydrogens is 280 g/mol. The van der Waals surface area contributed by atoms with Gasteiger partial charge in [0.15, 0.2) is 5.69 Å². The monoisotopic (exact) mass is 290 g/mol. The summed E-state index contributed by atoms with van der Waals surface area (Å²) in [5.41, 5.74) is -0.0333. The molecule has 0 radical (unpaired) electrons. The molecular formula is C12H10N4O5. The number of benzene rings is 1. The molecule has 0 fully saturated rings. The van der Waals surface area contributed by atoms with Crippen LogP contribution in [0, 0.1) is 17.0 Å². The number of H-pyrrole nitrogens is 1. The number of hydrogen-bond acceptors (Lipinski definition) is 5. The van der Waals surface area contributed by atoms with Gasteiger partial charge in [-0.3, -0.25) is 20.0 Å². The first kappa shape index (κ1) is 14.2. The number of carbonyl (C=O) groups is 2. The zero-order valence-corrected chi connectivity index (χ0v) is 10.8. The Morgan fingerprint density at radius 2 is 2.10 bits per heavy atom. The van der Waals surface area contributed by atoms with Crippen molar-refractivity contribution in [1.82, 2.24) is 10.2 Å². The highest BCUT2D eigenvalue weighted by atomic mass is 16.6. The Balaban J connectivity index is 2.33. The van der Waals surface area contributed by atoms with Gasteiger partial charge in [0.2, 0.25) is 0 Å². The Morgan fingerprint density at radius 1 is 1.38 bits per heavy atom. The quantitative estimate of drug-likeness (QED) is 0.577. The molecule has 9 nitrogen and oxygen atoms in total. The van der Waals surface area contributed by atoms with Crippen LogP contribution >= 0.6 is 0 Å². The van der Waals surface area contributed by atoms with Crippen molar-refractivity contribution < 1.29 is 19.6 Å². The van der Waals surface area contributed by atoms with Gasteiger partial charge in [-0.05, 0) is 19.1 Å². The van der Waals surface area contributed by atoms with Gasteiger partial charge in [-0.25, -0.2) is 4.79 Å². The number of non-ortho nitro benzene ring substituents is 1. The Hall–Kier alpha value is -3.23. The van der Waals surface area contributed by atoms with Gasteiger partial charge in [0, 0.05) is 17.8 Å². The number of aryl methyl sites for hydroxylation is 1. The molecule has 0 unspecified atom stereocenters. The van der Waals surface area contributed by atoms with E-state index < -0.39 is 16.8 Å². The number of carbonyl (C=O) groups excluding carboxylic acids is 1. The number of nitro groups is 1. The summed E-state index contributed by atoms with van der Waals surface area (Å²) in [6, 6.07) is 4.64. The molecule has 21 heavy (non-hydrogen) atoms. The molecule has 0 spiro atoms. The number of rotatable bonds is 4. The van der Waals surface area contributed by atoms with E-state index in [0.29, 0.717) is 5.69 Å². The number of nitrogens with one attached hydrogen (secondary N) is 2. The van der Waals surface area contributed by atoms with Crippen molar-refractivity contribution in [2.24, 2.45) is 0 Å². The molecule has 1 aromatic carbocycles. The molecule has 0 aliphatic rings. The van der Waals surface area contributed by atoms with E-state index in [1.807, 2.05) is 0 Å². The van der Waals surface area contributed by atoms with E-state index in [4.69, 9.17) is 5.11 Å². The molecule has 0 bridgehead atoms. The fourth-order valence-electron chi connectivity index (χ4n) is 1.65. The number of anilines is 1. The number of carboxylic acid groups (broad SMARTS) is 1. The first-order valence-electron chi connectivity index (χ1n) is 5.73. The number of carboxylic acids is 1. The van der Waals surface area contributed by atoms with E-state index in [9.17, 15) is 19.7 Å². The van der Waals surface area contributed by atoms with Gasteiger partial charge in [0.1, 0.15) is 0 Å². The number of aromatic carboxylic acids is 1. The first-order valence-corrected chi connectivity index (χ1v) is 5.73. The molecule has 0 saturated carbocycles. The van der Waals surface area contributed by atoms with Crippen LogP contribution < -0.4 is 5.32 Å². The van der Waals surface area contributed by atoms with Crippen molar-refractivity contribution in [3.63, 3.8) is 0 Å². The number of aromatic amines is 1. The average Bonchev–Trinajstić information content (AvgIpc) is 2.85. The van der Waals surface area contributed by atoms with Gasteiger partial charge in [-0.15, -0.1) is 0 Å². The summed E-state index contributed by atoms with van der Waals surface area (Å²) in [6.07, 6.45) is 0.